The van der Waals surface area contributed by atoms with E-state index in [9.17, 15) is 13.2 Å². The third-order valence-electron chi connectivity index (χ3n) is 4.10. The molecule has 0 bridgehead atoms. The number of alkyl halides is 1. The van der Waals surface area contributed by atoms with Crippen molar-refractivity contribution in [1.29, 1.82) is 0 Å². The van der Waals surface area contributed by atoms with Crippen LogP contribution in [0.15, 0.2) is 48.9 Å². The summed E-state index contributed by atoms with van der Waals surface area (Å²) in [5.41, 5.74) is 0.998. The average Bonchev–Trinajstić information content (AvgIpc) is 3.21. The molecule has 0 unspecified atom stereocenters. The number of hydrogen-bond acceptors (Lipinski definition) is 3. The van der Waals surface area contributed by atoms with Gasteiger partial charge in [0.25, 0.3) is 0 Å². The Bertz CT molecular complexity index is 1050. The summed E-state index contributed by atoms with van der Waals surface area (Å²) in [5.74, 6) is -0.715. The lowest BCUT2D eigenvalue weighted by Gasteiger charge is -2.11. The van der Waals surface area contributed by atoms with E-state index in [0.29, 0.717) is 17.0 Å². The van der Waals surface area contributed by atoms with Gasteiger partial charge in [-0.25, -0.2) is 28.1 Å². The minimum absolute atomic E-state index is 0.0982. The number of benzene rings is 1. The van der Waals surface area contributed by atoms with E-state index in [0.717, 1.165) is 0 Å². The zero-order chi connectivity index (χ0) is 18.1. The summed E-state index contributed by atoms with van der Waals surface area (Å²) in [7, 11) is 0. The number of halogens is 3. The van der Waals surface area contributed by atoms with E-state index in [1.807, 2.05) is 0 Å². The SMILES string of the molecule is FCCn1c(Cn2ccnc2-c2c(F)cccc2F)nc2cccnc21. The highest BCUT2D eigenvalue weighted by Gasteiger charge is 2.18. The summed E-state index contributed by atoms with van der Waals surface area (Å²) in [5, 5.41) is 0. The topological polar surface area (TPSA) is 48.5 Å². The predicted molar refractivity (Wildman–Crippen MR) is 90.2 cm³/mol. The van der Waals surface area contributed by atoms with Crippen molar-refractivity contribution in [3.8, 4) is 11.4 Å². The van der Waals surface area contributed by atoms with Gasteiger partial charge in [-0.3, -0.25) is 0 Å². The number of aryl methyl sites for hydroxylation is 1. The van der Waals surface area contributed by atoms with Crippen LogP contribution >= 0.6 is 0 Å². The van der Waals surface area contributed by atoms with Crippen LogP contribution in [-0.2, 0) is 13.1 Å². The molecule has 4 aromatic rings. The number of fused-ring (bicyclic) bond motifs is 1. The molecule has 0 radical (unpaired) electrons. The van der Waals surface area contributed by atoms with Crippen LogP contribution in [0.1, 0.15) is 5.82 Å². The molecule has 3 aromatic heterocycles. The Labute approximate surface area is 146 Å². The van der Waals surface area contributed by atoms with Gasteiger partial charge in [0, 0.05) is 18.6 Å². The fraction of sp³-hybridized carbons (Fsp3) is 0.167. The van der Waals surface area contributed by atoms with Crippen LogP contribution in [-0.4, -0.2) is 30.8 Å². The van der Waals surface area contributed by atoms with Crippen LogP contribution in [0.5, 0.6) is 0 Å². The molecule has 4 rings (SSSR count). The maximum atomic E-state index is 14.1. The van der Waals surface area contributed by atoms with Crippen LogP contribution in [0.25, 0.3) is 22.6 Å². The van der Waals surface area contributed by atoms with Crippen molar-refractivity contribution in [3.63, 3.8) is 0 Å². The Morgan fingerprint density at radius 1 is 0.962 bits per heavy atom. The zero-order valence-corrected chi connectivity index (χ0v) is 13.6. The van der Waals surface area contributed by atoms with Crippen molar-refractivity contribution in [3.05, 3.63) is 66.4 Å². The molecule has 0 saturated heterocycles. The Morgan fingerprint density at radius 2 is 1.77 bits per heavy atom. The molecule has 5 nitrogen and oxygen atoms in total. The fourth-order valence-electron chi connectivity index (χ4n) is 2.97. The first-order valence-corrected chi connectivity index (χ1v) is 8.00. The largest absolute Gasteiger partial charge is 0.323 e. The quantitative estimate of drug-likeness (QED) is 0.548. The van der Waals surface area contributed by atoms with Crippen molar-refractivity contribution >= 4 is 11.2 Å². The monoisotopic (exact) mass is 357 g/mol. The van der Waals surface area contributed by atoms with E-state index >= 15 is 0 Å². The maximum absolute atomic E-state index is 14.1. The van der Waals surface area contributed by atoms with Crippen LogP contribution in [0.4, 0.5) is 13.2 Å². The second-order valence-corrected chi connectivity index (χ2v) is 5.69. The van der Waals surface area contributed by atoms with Crippen molar-refractivity contribution in [2.24, 2.45) is 0 Å². The summed E-state index contributed by atoms with van der Waals surface area (Å²) in [6, 6.07) is 7.19. The standard InChI is InChI=1S/C18H14F3N5/c19-6-9-26-15(24-14-5-2-7-22-17(14)26)11-25-10-8-23-18(25)16-12(20)3-1-4-13(16)21/h1-5,7-8,10H,6,9,11H2. The average molecular weight is 357 g/mol. The van der Waals surface area contributed by atoms with Gasteiger partial charge in [-0.2, -0.15) is 0 Å². The third kappa shape index (κ3) is 2.73. The van der Waals surface area contributed by atoms with Gasteiger partial charge in [-0.15, -0.1) is 0 Å². The van der Waals surface area contributed by atoms with Crippen molar-refractivity contribution in [2.45, 2.75) is 13.1 Å². The Balaban J connectivity index is 1.79. The zero-order valence-electron chi connectivity index (χ0n) is 13.6. The van der Waals surface area contributed by atoms with E-state index in [2.05, 4.69) is 15.0 Å². The van der Waals surface area contributed by atoms with Crippen molar-refractivity contribution in [1.82, 2.24) is 24.1 Å². The Hall–Kier alpha value is -3.16. The third-order valence-corrected chi connectivity index (χ3v) is 4.10. The van der Waals surface area contributed by atoms with Gasteiger partial charge < -0.3 is 9.13 Å². The van der Waals surface area contributed by atoms with Crippen molar-refractivity contribution in [2.75, 3.05) is 6.67 Å². The van der Waals surface area contributed by atoms with Gasteiger partial charge in [-0.1, -0.05) is 6.07 Å². The van der Waals surface area contributed by atoms with Gasteiger partial charge in [0.2, 0.25) is 0 Å². The number of hydrogen-bond donors (Lipinski definition) is 0. The van der Waals surface area contributed by atoms with Crippen LogP contribution in [0, 0.1) is 11.6 Å². The Kier molecular flexibility index (Phi) is 4.16. The first-order valence-electron chi connectivity index (χ1n) is 8.00. The first-order chi connectivity index (χ1) is 12.7. The minimum atomic E-state index is -0.698. The second kappa shape index (κ2) is 6.62. The normalized spacial score (nSPS) is 11.3. The summed E-state index contributed by atoms with van der Waals surface area (Å²) in [6.07, 6.45) is 4.68. The summed E-state index contributed by atoms with van der Waals surface area (Å²) >= 11 is 0. The first kappa shape index (κ1) is 16.3. The molecule has 8 heteroatoms. The molecule has 132 valence electrons. The minimum Gasteiger partial charge on any atom is -0.323 e. The van der Waals surface area contributed by atoms with Gasteiger partial charge in [0.15, 0.2) is 5.65 Å². The molecule has 0 N–H and O–H groups in total. The van der Waals surface area contributed by atoms with Crippen molar-refractivity contribution < 1.29 is 13.2 Å². The second-order valence-electron chi connectivity index (χ2n) is 5.69. The van der Waals surface area contributed by atoms with E-state index in [1.54, 1.807) is 33.7 Å². The number of rotatable bonds is 5. The highest BCUT2D eigenvalue weighted by molar-refractivity contribution is 5.71. The van der Waals surface area contributed by atoms with E-state index < -0.39 is 18.3 Å². The summed E-state index contributed by atoms with van der Waals surface area (Å²) in [4.78, 5) is 12.8. The number of aromatic nitrogens is 5. The number of imidazole rings is 2. The lowest BCUT2D eigenvalue weighted by Crippen LogP contribution is -2.11. The Morgan fingerprint density at radius 3 is 2.54 bits per heavy atom. The van der Waals surface area contributed by atoms with E-state index in [4.69, 9.17) is 0 Å². The molecule has 0 aliphatic carbocycles. The smallest absolute Gasteiger partial charge is 0.160 e. The van der Waals surface area contributed by atoms with Gasteiger partial charge >= 0.3 is 0 Å². The molecule has 0 amide bonds. The molecule has 3 heterocycles. The highest BCUT2D eigenvalue weighted by atomic mass is 19.1. The van der Waals surface area contributed by atoms with E-state index in [1.165, 1.54) is 24.4 Å². The molecule has 0 spiro atoms. The number of pyridine rings is 1. The van der Waals surface area contributed by atoms with Crippen LogP contribution in [0.3, 0.4) is 0 Å². The molecular formula is C18H14F3N5. The molecule has 0 atom stereocenters. The molecule has 26 heavy (non-hydrogen) atoms. The maximum Gasteiger partial charge on any atom is 0.160 e. The molecular weight excluding hydrogens is 343 g/mol. The fourth-order valence-corrected chi connectivity index (χ4v) is 2.97. The molecule has 0 aliphatic heterocycles. The highest BCUT2D eigenvalue weighted by Crippen LogP contribution is 2.25. The summed E-state index contributed by atoms with van der Waals surface area (Å²) < 4.78 is 44.5. The lowest BCUT2D eigenvalue weighted by molar-refractivity contribution is 0.441. The molecule has 0 saturated carbocycles. The number of nitrogens with zero attached hydrogens (tertiary/aromatic N) is 5. The van der Waals surface area contributed by atoms with E-state index in [-0.39, 0.29) is 24.5 Å². The van der Waals surface area contributed by atoms with Gasteiger partial charge in [0.1, 0.15) is 35.5 Å². The van der Waals surface area contributed by atoms with Gasteiger partial charge in [-0.05, 0) is 24.3 Å². The molecule has 0 aliphatic rings. The molecule has 0 fully saturated rings. The van der Waals surface area contributed by atoms with Gasteiger partial charge in [0.05, 0.1) is 18.7 Å². The molecule has 1 aromatic carbocycles. The summed E-state index contributed by atoms with van der Waals surface area (Å²) in [6.45, 7) is -0.297. The van der Waals surface area contributed by atoms with Crippen LogP contribution < -0.4 is 0 Å². The lowest BCUT2D eigenvalue weighted by atomic mass is 10.2. The predicted octanol–water partition coefficient (Wildman–Crippen LogP) is 3.59. The van der Waals surface area contributed by atoms with Crippen LogP contribution in [0.2, 0.25) is 0 Å².